The maximum Gasteiger partial charge on any atom is 0.203 e. The van der Waals surface area contributed by atoms with E-state index >= 15 is 0 Å². The lowest BCUT2D eigenvalue weighted by molar-refractivity contribution is 0.323. The van der Waals surface area contributed by atoms with Gasteiger partial charge in [0, 0.05) is 24.7 Å². The van der Waals surface area contributed by atoms with Gasteiger partial charge in [-0.3, -0.25) is 4.98 Å². The van der Waals surface area contributed by atoms with Crippen LogP contribution in [0, 0.1) is 0 Å². The zero-order valence-corrected chi connectivity index (χ0v) is 14.7. The topological polar surface area (TPSA) is 52.6 Å². The van der Waals surface area contributed by atoms with Gasteiger partial charge in [0.15, 0.2) is 11.5 Å². The van der Waals surface area contributed by atoms with Crippen LogP contribution in [-0.4, -0.2) is 26.3 Å². The minimum absolute atomic E-state index is 0.604. The Morgan fingerprint density at radius 2 is 1.60 bits per heavy atom. The summed E-state index contributed by atoms with van der Waals surface area (Å²) < 4.78 is 16.2. The number of rotatable bonds is 7. The number of benzene rings is 2. The van der Waals surface area contributed by atoms with E-state index in [-0.39, 0.29) is 0 Å². The molecule has 0 spiro atoms. The number of ether oxygens (including phenoxy) is 3. The van der Waals surface area contributed by atoms with E-state index in [1.807, 2.05) is 24.4 Å². The Balaban J connectivity index is 1.75. The van der Waals surface area contributed by atoms with Crippen molar-refractivity contribution >= 4 is 10.9 Å². The van der Waals surface area contributed by atoms with Gasteiger partial charge < -0.3 is 19.5 Å². The average Bonchev–Trinajstić information content (AvgIpc) is 2.67. The van der Waals surface area contributed by atoms with Gasteiger partial charge in [0.25, 0.3) is 0 Å². The fraction of sp³-hybridized carbons (Fsp3) is 0.250. The molecule has 1 N–H and O–H groups in total. The molecule has 0 aliphatic heterocycles. The lowest BCUT2D eigenvalue weighted by Crippen LogP contribution is -2.13. The van der Waals surface area contributed by atoms with Crippen LogP contribution < -0.4 is 19.5 Å². The van der Waals surface area contributed by atoms with E-state index in [1.165, 1.54) is 5.56 Å². The molecule has 0 aliphatic carbocycles. The summed E-state index contributed by atoms with van der Waals surface area (Å²) in [7, 11) is 4.85. The maximum absolute atomic E-state index is 5.40. The van der Waals surface area contributed by atoms with E-state index in [9.17, 15) is 0 Å². The van der Waals surface area contributed by atoms with Crippen LogP contribution in [0.2, 0.25) is 0 Å². The van der Waals surface area contributed by atoms with Crippen molar-refractivity contribution in [3.8, 4) is 17.2 Å². The molecule has 0 amide bonds. The van der Waals surface area contributed by atoms with Gasteiger partial charge in [-0.2, -0.15) is 0 Å². The Hall–Kier alpha value is -2.79. The number of aromatic nitrogens is 1. The van der Waals surface area contributed by atoms with Crippen LogP contribution in [0.3, 0.4) is 0 Å². The van der Waals surface area contributed by atoms with E-state index in [4.69, 9.17) is 14.2 Å². The Kier molecular flexibility index (Phi) is 5.36. The second-order valence-corrected chi connectivity index (χ2v) is 5.63. The normalized spacial score (nSPS) is 10.7. The Morgan fingerprint density at radius 1 is 0.880 bits per heavy atom. The quantitative estimate of drug-likeness (QED) is 0.714. The molecule has 0 fully saturated rings. The number of hydrogen-bond donors (Lipinski definition) is 1. The van der Waals surface area contributed by atoms with Gasteiger partial charge in [0.2, 0.25) is 5.75 Å². The largest absolute Gasteiger partial charge is 0.493 e. The molecule has 2 aromatic carbocycles. The molecule has 0 bridgehead atoms. The van der Waals surface area contributed by atoms with Crippen molar-refractivity contribution in [2.75, 3.05) is 21.3 Å². The first-order chi connectivity index (χ1) is 12.3. The van der Waals surface area contributed by atoms with Gasteiger partial charge >= 0.3 is 0 Å². The van der Waals surface area contributed by atoms with Crippen LogP contribution in [0.15, 0.2) is 48.7 Å². The highest BCUT2D eigenvalue weighted by atomic mass is 16.5. The highest BCUT2D eigenvalue weighted by molar-refractivity contribution is 5.81. The van der Waals surface area contributed by atoms with Gasteiger partial charge in [-0.05, 0) is 29.3 Å². The molecule has 5 nitrogen and oxygen atoms in total. The molecule has 5 heteroatoms. The number of hydrogen-bond acceptors (Lipinski definition) is 5. The predicted octanol–water partition coefficient (Wildman–Crippen LogP) is 3.55. The van der Waals surface area contributed by atoms with Crippen molar-refractivity contribution in [2.24, 2.45) is 0 Å². The maximum atomic E-state index is 5.40. The van der Waals surface area contributed by atoms with Crippen LogP contribution in [0.1, 0.15) is 11.1 Å². The van der Waals surface area contributed by atoms with E-state index in [0.717, 1.165) is 23.0 Å². The van der Waals surface area contributed by atoms with Crippen LogP contribution in [-0.2, 0) is 13.1 Å². The summed E-state index contributed by atoms with van der Waals surface area (Å²) in [6, 6.07) is 14.2. The molecule has 130 valence electrons. The Labute approximate surface area is 147 Å². The van der Waals surface area contributed by atoms with Crippen LogP contribution >= 0.6 is 0 Å². The molecular formula is C20H22N2O3. The molecule has 1 heterocycles. The molecule has 0 saturated heterocycles. The molecule has 0 unspecified atom stereocenters. The third-order valence-electron chi connectivity index (χ3n) is 4.09. The fourth-order valence-corrected chi connectivity index (χ4v) is 2.89. The van der Waals surface area contributed by atoms with Gasteiger partial charge in [-0.1, -0.05) is 24.3 Å². The van der Waals surface area contributed by atoms with Gasteiger partial charge in [-0.15, -0.1) is 0 Å². The van der Waals surface area contributed by atoms with Gasteiger partial charge in [0.1, 0.15) is 0 Å². The molecule has 3 aromatic rings. The third kappa shape index (κ3) is 3.67. The lowest BCUT2D eigenvalue weighted by atomic mass is 10.1. The molecule has 0 atom stereocenters. The first-order valence-corrected chi connectivity index (χ1v) is 8.09. The zero-order valence-electron chi connectivity index (χ0n) is 14.7. The van der Waals surface area contributed by atoms with Crippen molar-refractivity contribution < 1.29 is 14.2 Å². The van der Waals surface area contributed by atoms with Gasteiger partial charge in [-0.25, -0.2) is 0 Å². The first-order valence-electron chi connectivity index (χ1n) is 8.09. The summed E-state index contributed by atoms with van der Waals surface area (Å²) in [6.07, 6.45) is 1.82. The summed E-state index contributed by atoms with van der Waals surface area (Å²) in [4.78, 5) is 4.49. The summed E-state index contributed by atoms with van der Waals surface area (Å²) in [5.74, 6) is 1.92. The molecular weight excluding hydrogens is 316 g/mol. The molecule has 0 aliphatic rings. The Morgan fingerprint density at radius 3 is 2.28 bits per heavy atom. The van der Waals surface area contributed by atoms with E-state index in [0.29, 0.717) is 23.8 Å². The van der Waals surface area contributed by atoms with E-state index in [2.05, 4.69) is 34.6 Å². The number of para-hydroxylation sites is 1. The van der Waals surface area contributed by atoms with Crippen LogP contribution in [0.4, 0.5) is 0 Å². The van der Waals surface area contributed by atoms with Crippen molar-refractivity contribution in [3.05, 3.63) is 59.8 Å². The molecule has 0 saturated carbocycles. The number of nitrogens with zero attached hydrogens (tertiary/aromatic N) is 1. The number of methoxy groups -OCH3 is 3. The SMILES string of the molecule is COc1cc(CNCc2cccc3cccnc23)cc(OC)c1OC. The van der Waals surface area contributed by atoms with Crippen molar-refractivity contribution in [1.82, 2.24) is 10.3 Å². The minimum atomic E-state index is 0.604. The number of nitrogens with one attached hydrogen (secondary N) is 1. The monoisotopic (exact) mass is 338 g/mol. The van der Waals surface area contributed by atoms with E-state index < -0.39 is 0 Å². The standard InChI is InChI=1S/C20H22N2O3/c1-23-17-10-14(11-18(24-2)20(17)25-3)12-21-13-16-7-4-6-15-8-5-9-22-19(15)16/h4-11,21H,12-13H2,1-3H3. The van der Waals surface area contributed by atoms with E-state index in [1.54, 1.807) is 21.3 Å². The van der Waals surface area contributed by atoms with Crippen LogP contribution in [0.25, 0.3) is 10.9 Å². The summed E-state index contributed by atoms with van der Waals surface area (Å²) in [6.45, 7) is 1.41. The Bertz CT molecular complexity index is 834. The average molecular weight is 338 g/mol. The smallest absolute Gasteiger partial charge is 0.203 e. The second-order valence-electron chi connectivity index (χ2n) is 5.63. The molecule has 25 heavy (non-hydrogen) atoms. The highest BCUT2D eigenvalue weighted by Gasteiger charge is 2.13. The number of pyridine rings is 1. The van der Waals surface area contributed by atoms with Crippen molar-refractivity contribution in [3.63, 3.8) is 0 Å². The highest BCUT2D eigenvalue weighted by Crippen LogP contribution is 2.38. The lowest BCUT2D eigenvalue weighted by Gasteiger charge is -2.14. The minimum Gasteiger partial charge on any atom is -0.493 e. The first kappa shape index (κ1) is 17.0. The molecule has 3 rings (SSSR count). The zero-order chi connectivity index (χ0) is 17.6. The molecule has 0 radical (unpaired) electrons. The number of fused-ring (bicyclic) bond motifs is 1. The third-order valence-corrected chi connectivity index (χ3v) is 4.09. The predicted molar refractivity (Wildman–Crippen MR) is 98.4 cm³/mol. The van der Waals surface area contributed by atoms with Crippen molar-refractivity contribution in [2.45, 2.75) is 13.1 Å². The van der Waals surface area contributed by atoms with Crippen LogP contribution in [0.5, 0.6) is 17.2 Å². The van der Waals surface area contributed by atoms with Gasteiger partial charge in [0.05, 0.1) is 26.8 Å². The fourth-order valence-electron chi connectivity index (χ4n) is 2.89. The summed E-state index contributed by atoms with van der Waals surface area (Å²) in [5.41, 5.74) is 3.26. The summed E-state index contributed by atoms with van der Waals surface area (Å²) in [5, 5.41) is 4.61. The van der Waals surface area contributed by atoms with Crippen molar-refractivity contribution in [1.29, 1.82) is 0 Å². The summed E-state index contributed by atoms with van der Waals surface area (Å²) >= 11 is 0. The molecule has 1 aromatic heterocycles. The second kappa shape index (κ2) is 7.85.